The van der Waals surface area contributed by atoms with Crippen molar-refractivity contribution >= 4 is 50.7 Å². The van der Waals surface area contributed by atoms with Crippen molar-refractivity contribution in [1.29, 1.82) is 0 Å². The number of anilines is 1. The van der Waals surface area contributed by atoms with E-state index in [1.54, 1.807) is 48.5 Å². The summed E-state index contributed by atoms with van der Waals surface area (Å²) in [5.41, 5.74) is 1.76. The van der Waals surface area contributed by atoms with Crippen molar-refractivity contribution in [3.63, 3.8) is 0 Å². The first kappa shape index (κ1) is 19.4. The lowest BCUT2D eigenvalue weighted by Gasteiger charge is -2.25. The van der Waals surface area contributed by atoms with Crippen molar-refractivity contribution in [3.8, 4) is 0 Å². The van der Waals surface area contributed by atoms with Crippen molar-refractivity contribution in [2.45, 2.75) is 6.04 Å². The van der Waals surface area contributed by atoms with E-state index in [0.717, 1.165) is 10.0 Å². The molecule has 3 aromatic rings. The van der Waals surface area contributed by atoms with Crippen LogP contribution in [0.5, 0.6) is 0 Å². The fourth-order valence-electron chi connectivity index (χ4n) is 3.41. The van der Waals surface area contributed by atoms with Crippen LogP contribution in [-0.4, -0.2) is 16.8 Å². The van der Waals surface area contributed by atoms with Crippen LogP contribution in [-0.2, 0) is 9.59 Å². The number of amides is 1. The standard InChI is InChI=1S/C23H15BrClNO3/c24-16-8-12-18(13-9-16)26-20(14-4-2-1-3-5-14)19(22(28)23(26)29)21(27)15-6-10-17(25)11-7-15/h1-13,20,27H/b21-19+. The molecule has 4 rings (SSSR count). The van der Waals surface area contributed by atoms with E-state index in [4.69, 9.17) is 11.6 Å². The Hall–Kier alpha value is -2.89. The normalized spacial score (nSPS) is 18.3. The second kappa shape index (κ2) is 7.85. The van der Waals surface area contributed by atoms with Crippen LogP contribution in [0.2, 0.25) is 5.02 Å². The van der Waals surface area contributed by atoms with Crippen LogP contribution in [0.25, 0.3) is 5.76 Å². The number of carbonyl (C=O) groups excluding carboxylic acids is 2. The van der Waals surface area contributed by atoms with Crippen molar-refractivity contribution in [3.05, 3.63) is 105 Å². The van der Waals surface area contributed by atoms with E-state index in [0.29, 0.717) is 16.3 Å². The average molecular weight is 469 g/mol. The third-order valence-corrected chi connectivity index (χ3v) is 5.56. The Morgan fingerprint density at radius 3 is 2.14 bits per heavy atom. The van der Waals surface area contributed by atoms with Crippen LogP contribution in [0.1, 0.15) is 17.2 Å². The molecule has 6 heteroatoms. The Morgan fingerprint density at radius 1 is 0.897 bits per heavy atom. The number of hydrogen-bond acceptors (Lipinski definition) is 3. The number of Topliss-reactive ketones (excluding diaryl/α,β-unsaturated/α-hetero) is 1. The molecule has 0 aliphatic carbocycles. The van der Waals surface area contributed by atoms with Gasteiger partial charge in [0.05, 0.1) is 11.6 Å². The largest absolute Gasteiger partial charge is 0.507 e. The lowest BCUT2D eigenvalue weighted by molar-refractivity contribution is -0.132. The summed E-state index contributed by atoms with van der Waals surface area (Å²) in [6.07, 6.45) is 0. The van der Waals surface area contributed by atoms with Gasteiger partial charge in [0.2, 0.25) is 0 Å². The highest BCUT2D eigenvalue weighted by atomic mass is 79.9. The number of rotatable bonds is 3. The molecule has 1 unspecified atom stereocenters. The first-order chi connectivity index (χ1) is 14.0. The van der Waals surface area contributed by atoms with Crippen molar-refractivity contribution in [2.24, 2.45) is 0 Å². The molecule has 1 heterocycles. The summed E-state index contributed by atoms with van der Waals surface area (Å²) in [6, 6.07) is 22.0. The first-order valence-electron chi connectivity index (χ1n) is 8.85. The average Bonchev–Trinajstić information content (AvgIpc) is 3.00. The zero-order chi connectivity index (χ0) is 20.5. The molecule has 1 aliphatic rings. The lowest BCUT2D eigenvalue weighted by atomic mass is 9.95. The maximum Gasteiger partial charge on any atom is 0.300 e. The predicted octanol–water partition coefficient (Wildman–Crippen LogP) is 5.73. The molecule has 1 fully saturated rings. The van der Waals surface area contributed by atoms with E-state index in [2.05, 4.69) is 15.9 Å². The van der Waals surface area contributed by atoms with Gasteiger partial charge in [-0.05, 0) is 54.1 Å². The molecule has 0 spiro atoms. The number of nitrogens with zero attached hydrogens (tertiary/aromatic N) is 1. The van der Waals surface area contributed by atoms with E-state index < -0.39 is 17.7 Å². The van der Waals surface area contributed by atoms with Crippen LogP contribution in [0.15, 0.2) is 88.9 Å². The molecular formula is C23H15BrClNO3. The third kappa shape index (κ3) is 3.59. The second-order valence-corrected chi connectivity index (χ2v) is 7.92. The summed E-state index contributed by atoms with van der Waals surface area (Å²) in [5.74, 6) is -1.64. The van der Waals surface area contributed by atoms with E-state index in [1.165, 1.54) is 4.90 Å². The third-order valence-electron chi connectivity index (χ3n) is 4.78. The maximum absolute atomic E-state index is 13.0. The quantitative estimate of drug-likeness (QED) is 0.303. The minimum atomic E-state index is -0.743. The molecule has 3 aromatic carbocycles. The van der Waals surface area contributed by atoms with Gasteiger partial charge < -0.3 is 5.11 Å². The summed E-state index contributed by atoms with van der Waals surface area (Å²) in [5, 5.41) is 11.5. The zero-order valence-electron chi connectivity index (χ0n) is 15.0. The molecule has 29 heavy (non-hydrogen) atoms. The van der Waals surface area contributed by atoms with Gasteiger partial charge in [-0.1, -0.05) is 57.9 Å². The van der Waals surface area contributed by atoms with Gasteiger partial charge in [-0.15, -0.1) is 0 Å². The molecule has 0 bridgehead atoms. The zero-order valence-corrected chi connectivity index (χ0v) is 17.4. The fraction of sp³-hybridized carbons (Fsp3) is 0.0435. The Morgan fingerprint density at radius 2 is 1.52 bits per heavy atom. The van der Waals surface area contributed by atoms with E-state index in [-0.39, 0.29) is 11.3 Å². The molecule has 1 N–H and O–H groups in total. The van der Waals surface area contributed by atoms with E-state index >= 15 is 0 Å². The summed E-state index contributed by atoms with van der Waals surface area (Å²) < 4.78 is 0.857. The molecule has 1 atom stereocenters. The van der Waals surface area contributed by atoms with Gasteiger partial charge in [0.1, 0.15) is 5.76 Å². The smallest absolute Gasteiger partial charge is 0.300 e. The molecule has 0 aromatic heterocycles. The minimum Gasteiger partial charge on any atom is -0.507 e. The SMILES string of the molecule is O=C1C(=O)N(c2ccc(Br)cc2)C(c2ccccc2)/C1=C(\O)c1ccc(Cl)cc1. The van der Waals surface area contributed by atoms with Gasteiger partial charge in [-0.25, -0.2) is 0 Å². The van der Waals surface area contributed by atoms with Crippen molar-refractivity contribution in [1.82, 2.24) is 0 Å². The molecule has 0 radical (unpaired) electrons. The van der Waals surface area contributed by atoms with Crippen LogP contribution in [0.3, 0.4) is 0 Å². The summed E-state index contributed by atoms with van der Waals surface area (Å²) in [4.78, 5) is 27.4. The molecule has 1 aliphatic heterocycles. The number of hydrogen-bond donors (Lipinski definition) is 1. The summed E-state index contributed by atoms with van der Waals surface area (Å²) in [7, 11) is 0. The maximum atomic E-state index is 13.0. The van der Waals surface area contributed by atoms with Crippen LogP contribution < -0.4 is 4.90 Å². The minimum absolute atomic E-state index is 0.0476. The Bertz CT molecular complexity index is 1110. The Kier molecular flexibility index (Phi) is 5.26. The topological polar surface area (TPSA) is 57.6 Å². The molecule has 1 amide bonds. The van der Waals surface area contributed by atoms with Crippen LogP contribution >= 0.6 is 27.5 Å². The summed E-state index contributed by atoms with van der Waals surface area (Å²) >= 11 is 9.32. The molecule has 1 saturated heterocycles. The molecular weight excluding hydrogens is 454 g/mol. The number of ketones is 1. The van der Waals surface area contributed by atoms with Gasteiger partial charge in [-0.2, -0.15) is 0 Å². The Labute approximate surface area is 181 Å². The number of carbonyl (C=O) groups is 2. The van der Waals surface area contributed by atoms with Crippen molar-refractivity contribution < 1.29 is 14.7 Å². The first-order valence-corrected chi connectivity index (χ1v) is 10.0. The number of aliphatic hydroxyl groups is 1. The molecule has 4 nitrogen and oxygen atoms in total. The highest BCUT2D eigenvalue weighted by Gasteiger charge is 2.46. The lowest BCUT2D eigenvalue weighted by Crippen LogP contribution is -2.29. The summed E-state index contributed by atoms with van der Waals surface area (Å²) in [6.45, 7) is 0. The van der Waals surface area contributed by atoms with Crippen LogP contribution in [0.4, 0.5) is 5.69 Å². The number of halogens is 2. The van der Waals surface area contributed by atoms with Crippen LogP contribution in [0, 0.1) is 0 Å². The highest BCUT2D eigenvalue weighted by molar-refractivity contribution is 9.10. The van der Waals surface area contributed by atoms with Gasteiger partial charge >= 0.3 is 0 Å². The van der Waals surface area contributed by atoms with Gasteiger partial charge in [0.25, 0.3) is 11.7 Å². The van der Waals surface area contributed by atoms with Gasteiger partial charge in [0.15, 0.2) is 0 Å². The number of aliphatic hydroxyl groups excluding tert-OH is 1. The van der Waals surface area contributed by atoms with Gasteiger partial charge in [-0.3, -0.25) is 14.5 Å². The van der Waals surface area contributed by atoms with E-state index in [1.807, 2.05) is 30.3 Å². The second-order valence-electron chi connectivity index (χ2n) is 6.56. The number of benzene rings is 3. The monoisotopic (exact) mass is 467 g/mol. The molecule has 0 saturated carbocycles. The molecule has 144 valence electrons. The fourth-order valence-corrected chi connectivity index (χ4v) is 3.80. The van der Waals surface area contributed by atoms with Crippen molar-refractivity contribution in [2.75, 3.05) is 4.90 Å². The highest BCUT2D eigenvalue weighted by Crippen LogP contribution is 2.42. The predicted molar refractivity (Wildman–Crippen MR) is 117 cm³/mol. The Balaban J connectivity index is 1.93. The van der Waals surface area contributed by atoms with Gasteiger partial charge in [0, 0.05) is 20.7 Å². The van der Waals surface area contributed by atoms with E-state index in [9.17, 15) is 14.7 Å².